The van der Waals surface area contributed by atoms with E-state index in [2.05, 4.69) is 10.1 Å². The van der Waals surface area contributed by atoms with Gasteiger partial charge in [0.05, 0.1) is 13.5 Å². The van der Waals surface area contributed by atoms with E-state index in [0.29, 0.717) is 5.92 Å². The zero-order valence-corrected chi connectivity index (χ0v) is 9.51. The molecule has 1 amide bonds. The summed E-state index contributed by atoms with van der Waals surface area (Å²) in [6.45, 7) is 0. The van der Waals surface area contributed by atoms with Gasteiger partial charge < -0.3 is 15.2 Å². The quantitative estimate of drug-likeness (QED) is 0.507. The van der Waals surface area contributed by atoms with E-state index in [1.807, 2.05) is 0 Å². The molecule has 1 aliphatic rings. The third-order valence-corrected chi connectivity index (χ3v) is 2.35. The highest BCUT2D eigenvalue weighted by atomic mass is 16.5. The number of amides is 1. The number of rotatable bonds is 6. The van der Waals surface area contributed by atoms with Crippen LogP contribution in [-0.4, -0.2) is 36.1 Å². The van der Waals surface area contributed by atoms with Crippen molar-refractivity contribution in [3.63, 3.8) is 0 Å². The molecular weight excluding hydrogens is 226 g/mol. The van der Waals surface area contributed by atoms with Crippen LogP contribution < -0.4 is 5.32 Å². The lowest BCUT2D eigenvalue weighted by molar-refractivity contribution is -0.148. The number of hydrogen-bond donors (Lipinski definition) is 2. The Morgan fingerprint density at radius 1 is 1.47 bits per heavy atom. The number of aliphatic carboxylic acids is 1. The Morgan fingerprint density at radius 3 is 2.59 bits per heavy atom. The Hall–Kier alpha value is -1.85. The number of ether oxygens (including phenoxy) is 1. The number of nitrogens with one attached hydrogen (secondary N) is 1. The molecule has 0 spiro atoms. The molecule has 0 aliphatic heterocycles. The maximum atomic E-state index is 11.3. The van der Waals surface area contributed by atoms with Gasteiger partial charge in [-0.1, -0.05) is 6.08 Å². The molecule has 0 saturated heterocycles. The third-order valence-electron chi connectivity index (χ3n) is 2.35. The van der Waals surface area contributed by atoms with Crippen molar-refractivity contribution in [3.8, 4) is 0 Å². The Kier molecular flexibility index (Phi) is 4.68. The van der Waals surface area contributed by atoms with Crippen molar-refractivity contribution in [1.29, 1.82) is 0 Å². The average molecular weight is 241 g/mol. The fraction of sp³-hybridized carbons (Fsp3) is 0.545. The van der Waals surface area contributed by atoms with Gasteiger partial charge in [-0.2, -0.15) is 0 Å². The third kappa shape index (κ3) is 5.14. The van der Waals surface area contributed by atoms with Crippen molar-refractivity contribution < 1.29 is 24.2 Å². The van der Waals surface area contributed by atoms with Crippen LogP contribution in [0, 0.1) is 5.92 Å². The zero-order valence-electron chi connectivity index (χ0n) is 9.51. The van der Waals surface area contributed by atoms with E-state index in [1.54, 1.807) is 6.08 Å². The number of carbonyl (C=O) groups is 3. The Balaban J connectivity index is 2.44. The van der Waals surface area contributed by atoms with Gasteiger partial charge in [0.1, 0.15) is 6.04 Å². The van der Waals surface area contributed by atoms with E-state index in [4.69, 9.17) is 5.11 Å². The summed E-state index contributed by atoms with van der Waals surface area (Å²) >= 11 is 0. The van der Waals surface area contributed by atoms with E-state index in [1.165, 1.54) is 6.08 Å². The molecule has 6 heteroatoms. The van der Waals surface area contributed by atoms with Crippen LogP contribution in [0.5, 0.6) is 0 Å². The highest BCUT2D eigenvalue weighted by Gasteiger charge is 2.23. The highest BCUT2D eigenvalue weighted by molar-refractivity contribution is 5.92. The number of esters is 1. The van der Waals surface area contributed by atoms with Crippen LogP contribution in [0.1, 0.15) is 19.3 Å². The normalized spacial score (nSPS) is 16.5. The molecule has 1 saturated carbocycles. The van der Waals surface area contributed by atoms with Gasteiger partial charge in [0, 0.05) is 0 Å². The first-order valence-electron chi connectivity index (χ1n) is 5.31. The van der Waals surface area contributed by atoms with Crippen molar-refractivity contribution in [3.05, 3.63) is 12.2 Å². The molecule has 17 heavy (non-hydrogen) atoms. The lowest BCUT2D eigenvalue weighted by Crippen LogP contribution is -2.41. The second-order valence-electron chi connectivity index (χ2n) is 3.88. The van der Waals surface area contributed by atoms with Gasteiger partial charge in [-0.3, -0.25) is 9.59 Å². The summed E-state index contributed by atoms with van der Waals surface area (Å²) in [5.74, 6) is -2.01. The molecule has 0 heterocycles. The largest absolute Gasteiger partial charge is 0.480 e. The zero-order chi connectivity index (χ0) is 12.8. The van der Waals surface area contributed by atoms with E-state index in [0.717, 1.165) is 20.0 Å². The fourth-order valence-electron chi connectivity index (χ4n) is 1.18. The molecule has 94 valence electrons. The van der Waals surface area contributed by atoms with Gasteiger partial charge in [-0.05, 0) is 24.8 Å². The van der Waals surface area contributed by atoms with Crippen LogP contribution in [0.15, 0.2) is 12.2 Å². The first-order valence-corrected chi connectivity index (χ1v) is 5.31. The maximum absolute atomic E-state index is 11.3. The van der Waals surface area contributed by atoms with Crippen LogP contribution in [0.4, 0.5) is 0 Å². The highest BCUT2D eigenvalue weighted by Crippen LogP contribution is 2.29. The lowest BCUT2D eigenvalue weighted by Gasteiger charge is -2.11. The molecule has 6 nitrogen and oxygen atoms in total. The number of carboxylic acid groups (broad SMARTS) is 1. The van der Waals surface area contributed by atoms with Crippen molar-refractivity contribution in [2.75, 3.05) is 7.11 Å². The number of allylic oxidation sites excluding steroid dienone is 1. The summed E-state index contributed by atoms with van der Waals surface area (Å²) in [7, 11) is 1.16. The Labute approximate surface area is 98.6 Å². The summed E-state index contributed by atoms with van der Waals surface area (Å²) in [6, 6.07) is -1.25. The second-order valence-corrected chi connectivity index (χ2v) is 3.88. The molecule has 0 aromatic carbocycles. The summed E-state index contributed by atoms with van der Waals surface area (Å²) < 4.78 is 4.35. The summed E-state index contributed by atoms with van der Waals surface area (Å²) in [5, 5.41) is 11.0. The van der Waals surface area contributed by atoms with E-state index in [-0.39, 0.29) is 6.42 Å². The molecule has 1 fully saturated rings. The molecule has 0 aromatic rings. The maximum Gasteiger partial charge on any atom is 0.326 e. The average Bonchev–Trinajstić information content (AvgIpc) is 3.08. The Morgan fingerprint density at radius 2 is 2.12 bits per heavy atom. The summed E-state index contributed by atoms with van der Waals surface area (Å²) in [5.41, 5.74) is 0. The van der Waals surface area contributed by atoms with Crippen LogP contribution in [0.25, 0.3) is 0 Å². The van der Waals surface area contributed by atoms with Crippen LogP contribution in [-0.2, 0) is 19.1 Å². The van der Waals surface area contributed by atoms with Crippen molar-refractivity contribution in [2.24, 2.45) is 5.92 Å². The Bertz CT molecular complexity index is 346. The van der Waals surface area contributed by atoms with Gasteiger partial charge in [0.2, 0.25) is 5.91 Å². The minimum atomic E-state index is -1.26. The number of carbonyl (C=O) groups excluding carboxylic acids is 2. The molecule has 0 unspecified atom stereocenters. The van der Waals surface area contributed by atoms with Crippen molar-refractivity contribution >= 4 is 17.8 Å². The standard InChI is InChI=1S/C11H15NO5/c1-17-10(14)6-8(11(15)16)12-9(13)5-4-7-2-3-7/h4-5,7-8H,2-3,6H2,1H3,(H,12,13)(H,15,16)/b5-4+/t8-/m0/s1. The van der Waals surface area contributed by atoms with Gasteiger partial charge in [-0.25, -0.2) is 4.79 Å². The first kappa shape index (κ1) is 13.2. The minimum absolute atomic E-state index is 0.380. The van der Waals surface area contributed by atoms with Crippen LogP contribution in [0.2, 0.25) is 0 Å². The SMILES string of the molecule is COC(=O)C[C@H](NC(=O)/C=C/C1CC1)C(=O)O. The molecule has 1 atom stereocenters. The summed E-state index contributed by atoms with van der Waals surface area (Å²) in [6.07, 6.45) is 4.80. The monoisotopic (exact) mass is 241 g/mol. The topological polar surface area (TPSA) is 92.7 Å². The van der Waals surface area contributed by atoms with Crippen LogP contribution in [0.3, 0.4) is 0 Å². The predicted octanol–water partition coefficient (Wildman–Crippen LogP) is 0.0851. The minimum Gasteiger partial charge on any atom is -0.480 e. The lowest BCUT2D eigenvalue weighted by atomic mass is 10.2. The smallest absolute Gasteiger partial charge is 0.326 e. The molecule has 2 N–H and O–H groups in total. The first-order chi connectivity index (χ1) is 8.02. The van der Waals surface area contributed by atoms with Gasteiger partial charge in [0.15, 0.2) is 0 Å². The van der Waals surface area contributed by atoms with E-state index >= 15 is 0 Å². The predicted molar refractivity (Wildman–Crippen MR) is 58.1 cm³/mol. The molecule has 1 aliphatic carbocycles. The number of methoxy groups -OCH3 is 1. The number of hydrogen-bond acceptors (Lipinski definition) is 4. The molecule has 0 aromatic heterocycles. The fourth-order valence-corrected chi connectivity index (χ4v) is 1.18. The molecule has 0 bridgehead atoms. The molecular formula is C11H15NO5. The molecule has 1 rings (SSSR count). The number of carboxylic acids is 1. The second kappa shape index (κ2) is 6.03. The van der Waals surface area contributed by atoms with Crippen molar-refractivity contribution in [1.82, 2.24) is 5.32 Å². The molecule has 0 radical (unpaired) electrons. The van der Waals surface area contributed by atoms with E-state index in [9.17, 15) is 14.4 Å². The van der Waals surface area contributed by atoms with Crippen molar-refractivity contribution in [2.45, 2.75) is 25.3 Å². The summed E-state index contributed by atoms with van der Waals surface area (Å²) in [4.78, 5) is 33.1. The van der Waals surface area contributed by atoms with Crippen LogP contribution >= 0.6 is 0 Å². The van der Waals surface area contributed by atoms with E-state index < -0.39 is 23.9 Å². The van der Waals surface area contributed by atoms with Gasteiger partial charge in [0.25, 0.3) is 0 Å². The van der Waals surface area contributed by atoms with Gasteiger partial charge >= 0.3 is 11.9 Å². The van der Waals surface area contributed by atoms with Gasteiger partial charge in [-0.15, -0.1) is 0 Å².